The average Bonchev–Trinajstić information content (AvgIpc) is 3.37. The molecule has 0 radical (unpaired) electrons. The van der Waals surface area contributed by atoms with Gasteiger partial charge in [-0.15, -0.1) is 0 Å². The summed E-state index contributed by atoms with van der Waals surface area (Å²) in [5.74, 6) is -0.916. The largest absolute Gasteiger partial charge is 0.506 e. The lowest BCUT2D eigenvalue weighted by Crippen LogP contribution is -2.21. The fourth-order valence-electron chi connectivity index (χ4n) is 2.69. The maximum Gasteiger partial charge on any atom is 0.282 e. The highest BCUT2D eigenvalue weighted by Gasteiger charge is 2.30. The standard InChI is InChI=1S/C17H19F2N3O4S/c1-2-27(25,26)11-5-6-15(23)12(7-11)20-16(24)9-22-14(10-3-4-10)8-13(21-22)17(18)19/h5-8,10,17,23H,2-4,9H2,1H3,(H,20,24). The average molecular weight is 399 g/mol. The molecule has 1 heterocycles. The van der Waals surface area contributed by atoms with Crippen molar-refractivity contribution in [2.24, 2.45) is 0 Å². The molecule has 1 aliphatic carbocycles. The van der Waals surface area contributed by atoms with Crippen LogP contribution in [0.5, 0.6) is 5.75 Å². The smallest absolute Gasteiger partial charge is 0.282 e. The molecule has 1 amide bonds. The third-order valence-electron chi connectivity index (χ3n) is 4.32. The van der Waals surface area contributed by atoms with Gasteiger partial charge in [-0.2, -0.15) is 5.10 Å². The number of aromatic nitrogens is 2. The zero-order chi connectivity index (χ0) is 19.8. The van der Waals surface area contributed by atoms with E-state index in [9.17, 15) is 27.1 Å². The van der Waals surface area contributed by atoms with E-state index in [0.29, 0.717) is 5.69 Å². The molecule has 0 saturated heterocycles. The second-order valence-electron chi connectivity index (χ2n) is 6.36. The molecule has 10 heteroatoms. The SMILES string of the molecule is CCS(=O)(=O)c1ccc(O)c(NC(=O)Cn2nc(C(F)F)cc2C2CC2)c1. The van der Waals surface area contributed by atoms with Crippen molar-refractivity contribution in [1.82, 2.24) is 9.78 Å². The van der Waals surface area contributed by atoms with E-state index in [4.69, 9.17) is 0 Å². The number of carbonyl (C=O) groups excluding carboxylic acids is 1. The third-order valence-corrected chi connectivity index (χ3v) is 6.06. The third kappa shape index (κ3) is 4.26. The van der Waals surface area contributed by atoms with Crippen LogP contribution < -0.4 is 5.32 Å². The van der Waals surface area contributed by atoms with E-state index < -0.39 is 22.2 Å². The summed E-state index contributed by atoms with van der Waals surface area (Å²) in [5.41, 5.74) is 0.124. The quantitative estimate of drug-likeness (QED) is 0.697. The number of hydrogen-bond acceptors (Lipinski definition) is 5. The molecule has 1 aromatic carbocycles. The zero-order valence-electron chi connectivity index (χ0n) is 14.5. The van der Waals surface area contributed by atoms with Gasteiger partial charge in [0.15, 0.2) is 9.84 Å². The van der Waals surface area contributed by atoms with Crippen molar-refractivity contribution in [1.29, 1.82) is 0 Å². The molecular formula is C17H19F2N3O4S. The highest BCUT2D eigenvalue weighted by molar-refractivity contribution is 7.91. The van der Waals surface area contributed by atoms with Crippen LogP contribution in [0.25, 0.3) is 0 Å². The Hall–Kier alpha value is -2.49. The molecule has 3 rings (SSSR count). The first-order chi connectivity index (χ1) is 12.7. The van der Waals surface area contributed by atoms with Crippen molar-refractivity contribution < 1.29 is 27.1 Å². The predicted octanol–water partition coefficient (Wildman–Crippen LogP) is 2.84. The highest BCUT2D eigenvalue weighted by Crippen LogP contribution is 2.41. The molecule has 1 aromatic heterocycles. The number of hydrogen-bond donors (Lipinski definition) is 2. The molecule has 1 saturated carbocycles. The molecule has 1 fully saturated rings. The molecule has 1 aliphatic rings. The molecule has 146 valence electrons. The summed E-state index contributed by atoms with van der Waals surface area (Å²) in [6.45, 7) is 1.17. The van der Waals surface area contributed by atoms with Crippen LogP contribution in [-0.4, -0.2) is 35.0 Å². The molecule has 0 aliphatic heterocycles. The van der Waals surface area contributed by atoms with Gasteiger partial charge >= 0.3 is 0 Å². The van der Waals surface area contributed by atoms with Crippen LogP contribution in [0.3, 0.4) is 0 Å². The van der Waals surface area contributed by atoms with Gasteiger partial charge < -0.3 is 10.4 Å². The van der Waals surface area contributed by atoms with Crippen LogP contribution in [0.4, 0.5) is 14.5 Å². The molecule has 0 spiro atoms. The van der Waals surface area contributed by atoms with Crippen LogP contribution in [0.1, 0.15) is 43.5 Å². The van der Waals surface area contributed by atoms with Crippen molar-refractivity contribution >= 4 is 21.4 Å². The Morgan fingerprint density at radius 3 is 2.67 bits per heavy atom. The summed E-state index contributed by atoms with van der Waals surface area (Å²) in [4.78, 5) is 12.3. The highest BCUT2D eigenvalue weighted by atomic mass is 32.2. The summed E-state index contributed by atoms with van der Waals surface area (Å²) in [5, 5.41) is 16.1. The molecule has 2 aromatic rings. The number of alkyl halides is 2. The number of anilines is 1. The van der Waals surface area contributed by atoms with E-state index in [0.717, 1.165) is 12.8 Å². The molecule has 0 bridgehead atoms. The van der Waals surface area contributed by atoms with Crippen LogP contribution in [-0.2, 0) is 21.2 Å². The number of phenols is 1. The minimum Gasteiger partial charge on any atom is -0.506 e. The number of amides is 1. The summed E-state index contributed by atoms with van der Waals surface area (Å²) >= 11 is 0. The minimum absolute atomic E-state index is 0.0316. The number of phenolic OH excluding ortho intramolecular Hbond substituents is 1. The van der Waals surface area contributed by atoms with Crippen molar-refractivity contribution in [2.45, 2.75) is 43.5 Å². The summed E-state index contributed by atoms with van der Waals surface area (Å²) in [6, 6.07) is 4.90. The number of carbonyl (C=O) groups is 1. The van der Waals surface area contributed by atoms with Gasteiger partial charge in [-0.25, -0.2) is 17.2 Å². The van der Waals surface area contributed by atoms with E-state index in [1.807, 2.05) is 0 Å². The van der Waals surface area contributed by atoms with Crippen LogP contribution in [0.2, 0.25) is 0 Å². The fraction of sp³-hybridized carbons (Fsp3) is 0.412. The number of benzene rings is 1. The van der Waals surface area contributed by atoms with Gasteiger partial charge in [-0.1, -0.05) is 6.92 Å². The minimum atomic E-state index is -3.51. The number of sulfone groups is 1. The lowest BCUT2D eigenvalue weighted by atomic mass is 10.2. The Morgan fingerprint density at radius 1 is 1.37 bits per heavy atom. The van der Waals surface area contributed by atoms with E-state index in [1.54, 1.807) is 0 Å². The Morgan fingerprint density at radius 2 is 2.07 bits per heavy atom. The van der Waals surface area contributed by atoms with Crippen LogP contribution in [0.15, 0.2) is 29.2 Å². The molecule has 0 atom stereocenters. The lowest BCUT2D eigenvalue weighted by Gasteiger charge is -2.11. The normalized spacial score (nSPS) is 14.5. The topological polar surface area (TPSA) is 101 Å². The molecule has 2 N–H and O–H groups in total. The van der Waals surface area contributed by atoms with E-state index in [-0.39, 0.29) is 40.2 Å². The van der Waals surface area contributed by atoms with Gasteiger partial charge in [0.2, 0.25) is 5.91 Å². The Bertz CT molecular complexity index is 969. The second kappa shape index (κ2) is 7.26. The van der Waals surface area contributed by atoms with E-state index in [1.165, 1.54) is 35.9 Å². The predicted molar refractivity (Wildman–Crippen MR) is 93.6 cm³/mol. The van der Waals surface area contributed by atoms with Gasteiger partial charge in [0.05, 0.1) is 16.3 Å². The Labute approximate surface area is 154 Å². The van der Waals surface area contributed by atoms with Crippen molar-refractivity contribution in [3.05, 3.63) is 35.7 Å². The van der Waals surface area contributed by atoms with Gasteiger partial charge in [0.25, 0.3) is 6.43 Å². The lowest BCUT2D eigenvalue weighted by molar-refractivity contribution is -0.117. The maximum atomic E-state index is 12.9. The number of rotatable bonds is 7. The first-order valence-corrected chi connectivity index (χ1v) is 10.1. The van der Waals surface area contributed by atoms with Gasteiger partial charge in [0.1, 0.15) is 18.0 Å². The van der Waals surface area contributed by atoms with Gasteiger partial charge in [0, 0.05) is 11.6 Å². The van der Waals surface area contributed by atoms with Gasteiger partial charge in [-0.3, -0.25) is 9.48 Å². The molecule has 0 unspecified atom stereocenters. The van der Waals surface area contributed by atoms with Crippen molar-refractivity contribution in [3.63, 3.8) is 0 Å². The second-order valence-corrected chi connectivity index (χ2v) is 8.64. The summed E-state index contributed by atoms with van der Waals surface area (Å²) in [7, 11) is -3.51. The Kier molecular flexibility index (Phi) is 5.18. The first-order valence-electron chi connectivity index (χ1n) is 8.42. The number of nitrogens with one attached hydrogen (secondary N) is 1. The number of halogens is 2. The molecule has 7 nitrogen and oxygen atoms in total. The summed E-state index contributed by atoms with van der Waals surface area (Å²) < 4.78 is 51.0. The number of aromatic hydroxyl groups is 1. The number of nitrogens with zero attached hydrogens (tertiary/aromatic N) is 2. The molecular weight excluding hydrogens is 380 g/mol. The zero-order valence-corrected chi connectivity index (χ0v) is 15.3. The van der Waals surface area contributed by atoms with Gasteiger partial charge in [-0.05, 0) is 37.1 Å². The molecule has 27 heavy (non-hydrogen) atoms. The van der Waals surface area contributed by atoms with Crippen LogP contribution in [0, 0.1) is 0 Å². The van der Waals surface area contributed by atoms with Crippen molar-refractivity contribution in [3.8, 4) is 5.75 Å². The van der Waals surface area contributed by atoms with E-state index >= 15 is 0 Å². The first kappa shape index (κ1) is 19.3. The fourth-order valence-corrected chi connectivity index (χ4v) is 3.60. The van der Waals surface area contributed by atoms with E-state index in [2.05, 4.69) is 10.4 Å². The Balaban J connectivity index is 1.80. The summed E-state index contributed by atoms with van der Waals surface area (Å²) in [6.07, 6.45) is -1.02. The maximum absolute atomic E-state index is 12.9. The monoisotopic (exact) mass is 399 g/mol. The van der Waals surface area contributed by atoms with Crippen LogP contribution >= 0.6 is 0 Å². The van der Waals surface area contributed by atoms with Crippen molar-refractivity contribution in [2.75, 3.05) is 11.1 Å².